The molecule has 0 saturated heterocycles. The molecule has 8 nitrogen and oxygen atoms in total. The van der Waals surface area contributed by atoms with Gasteiger partial charge in [0.25, 0.3) is 0 Å². The second-order valence-corrected chi connectivity index (χ2v) is 8.67. The number of benzene rings is 1. The van der Waals surface area contributed by atoms with E-state index in [1.807, 2.05) is 20.9 Å². The van der Waals surface area contributed by atoms with Crippen LogP contribution in [0.15, 0.2) is 23.4 Å². The number of aryl methyl sites for hydroxylation is 1. The Labute approximate surface area is 179 Å². The van der Waals surface area contributed by atoms with Crippen LogP contribution < -0.4 is 10.1 Å². The maximum Gasteiger partial charge on any atom is 0.236 e. The first-order valence-corrected chi connectivity index (χ1v) is 10.6. The maximum atomic E-state index is 12.1. The van der Waals surface area contributed by atoms with Crippen LogP contribution in [0, 0.1) is 6.92 Å². The molecule has 0 radical (unpaired) electrons. The van der Waals surface area contributed by atoms with Crippen molar-refractivity contribution in [2.45, 2.75) is 25.1 Å². The fraction of sp³-hybridized carbons (Fsp3) is 0.312. The van der Waals surface area contributed by atoms with E-state index < -0.39 is 6.10 Å². The Kier molecular flexibility index (Phi) is 6.76. The van der Waals surface area contributed by atoms with Gasteiger partial charge in [-0.1, -0.05) is 46.3 Å². The Hall–Kier alpha value is -1.88. The van der Waals surface area contributed by atoms with Gasteiger partial charge in [0.1, 0.15) is 10.8 Å². The Morgan fingerprint density at radius 3 is 2.82 bits per heavy atom. The minimum atomic E-state index is -0.416. The number of thioether (sulfide) groups is 1. The number of aromatic nitrogens is 5. The van der Waals surface area contributed by atoms with Gasteiger partial charge in [-0.15, -0.1) is 20.4 Å². The van der Waals surface area contributed by atoms with Crippen LogP contribution in [0.4, 0.5) is 5.13 Å². The standard InChI is InChI=1S/C16H16Cl2N6O2S2/c1-8(26-12-6-10(17)4-5-11(12)18)14-21-23-16(24(14)3)27-7-13(25)19-15-22-20-9(2)28-15/h4-6,8H,7H2,1-3H3,(H,19,22,25). The largest absolute Gasteiger partial charge is 0.481 e. The van der Waals surface area contributed by atoms with Gasteiger partial charge < -0.3 is 9.30 Å². The lowest BCUT2D eigenvalue weighted by atomic mass is 10.3. The topological polar surface area (TPSA) is 94.8 Å². The molecule has 12 heteroatoms. The summed E-state index contributed by atoms with van der Waals surface area (Å²) in [6.07, 6.45) is -0.416. The van der Waals surface area contributed by atoms with Crippen LogP contribution >= 0.6 is 46.3 Å². The molecule has 1 N–H and O–H groups in total. The molecule has 0 aliphatic rings. The van der Waals surface area contributed by atoms with Gasteiger partial charge in [-0.25, -0.2) is 0 Å². The molecule has 1 aromatic carbocycles. The number of rotatable bonds is 7. The number of amides is 1. The summed E-state index contributed by atoms with van der Waals surface area (Å²) >= 11 is 14.7. The summed E-state index contributed by atoms with van der Waals surface area (Å²) < 4.78 is 7.64. The van der Waals surface area contributed by atoms with Crippen LogP contribution in [0.1, 0.15) is 23.9 Å². The van der Waals surface area contributed by atoms with Gasteiger partial charge in [-0.2, -0.15) is 0 Å². The fourth-order valence-electron chi connectivity index (χ4n) is 2.25. The minimum Gasteiger partial charge on any atom is -0.481 e. The molecule has 2 aromatic heterocycles. The highest BCUT2D eigenvalue weighted by atomic mass is 35.5. The molecule has 0 fully saturated rings. The summed E-state index contributed by atoms with van der Waals surface area (Å²) in [6.45, 7) is 3.66. The third-order valence-electron chi connectivity index (χ3n) is 3.53. The average Bonchev–Trinajstić information content (AvgIpc) is 3.21. The van der Waals surface area contributed by atoms with Crippen LogP contribution in [0.5, 0.6) is 5.75 Å². The molecular formula is C16H16Cl2N6O2S2. The lowest BCUT2D eigenvalue weighted by Crippen LogP contribution is -2.14. The van der Waals surface area contributed by atoms with E-state index in [9.17, 15) is 4.79 Å². The Balaban J connectivity index is 1.61. The number of ether oxygens (including phenoxy) is 1. The predicted molar refractivity (Wildman–Crippen MR) is 111 cm³/mol. The van der Waals surface area contributed by atoms with Crippen molar-refractivity contribution in [2.75, 3.05) is 11.1 Å². The lowest BCUT2D eigenvalue weighted by molar-refractivity contribution is -0.113. The zero-order chi connectivity index (χ0) is 20.3. The summed E-state index contributed by atoms with van der Waals surface area (Å²) in [5.41, 5.74) is 0. The molecule has 1 amide bonds. The second-order valence-electron chi connectivity index (χ2n) is 5.70. The molecule has 1 unspecified atom stereocenters. The maximum absolute atomic E-state index is 12.1. The quantitative estimate of drug-likeness (QED) is 0.531. The van der Waals surface area contributed by atoms with Crippen molar-refractivity contribution in [3.8, 4) is 5.75 Å². The van der Waals surface area contributed by atoms with E-state index >= 15 is 0 Å². The van der Waals surface area contributed by atoms with E-state index in [-0.39, 0.29) is 11.7 Å². The number of nitrogens with one attached hydrogen (secondary N) is 1. The van der Waals surface area contributed by atoms with Crippen molar-refractivity contribution in [1.29, 1.82) is 0 Å². The lowest BCUT2D eigenvalue weighted by Gasteiger charge is -2.15. The number of hydrogen-bond donors (Lipinski definition) is 1. The Bertz CT molecular complexity index is 993. The first-order valence-electron chi connectivity index (χ1n) is 8.07. The SMILES string of the molecule is Cc1nnc(NC(=O)CSc2nnc(C(C)Oc3cc(Cl)ccc3Cl)n2C)s1. The van der Waals surface area contributed by atoms with E-state index in [1.54, 1.807) is 22.8 Å². The van der Waals surface area contributed by atoms with Crippen molar-refractivity contribution in [3.05, 3.63) is 39.1 Å². The molecule has 0 aliphatic heterocycles. The van der Waals surface area contributed by atoms with Gasteiger partial charge >= 0.3 is 0 Å². The van der Waals surface area contributed by atoms with Crippen LogP contribution in [-0.2, 0) is 11.8 Å². The van der Waals surface area contributed by atoms with Gasteiger partial charge in [-0.3, -0.25) is 10.1 Å². The van der Waals surface area contributed by atoms with E-state index in [2.05, 4.69) is 25.7 Å². The summed E-state index contributed by atoms with van der Waals surface area (Å²) in [6, 6.07) is 5.00. The second kappa shape index (κ2) is 9.08. The number of anilines is 1. The van der Waals surface area contributed by atoms with Crippen LogP contribution in [0.3, 0.4) is 0 Å². The van der Waals surface area contributed by atoms with Crippen molar-refractivity contribution in [3.63, 3.8) is 0 Å². The number of halogens is 2. The molecule has 0 aliphatic carbocycles. The minimum absolute atomic E-state index is 0.167. The molecule has 3 rings (SSSR count). The van der Waals surface area contributed by atoms with E-state index in [0.717, 1.165) is 5.01 Å². The Morgan fingerprint density at radius 2 is 2.11 bits per heavy atom. The van der Waals surface area contributed by atoms with Crippen LogP contribution in [0.25, 0.3) is 0 Å². The van der Waals surface area contributed by atoms with Crippen LogP contribution in [0.2, 0.25) is 10.0 Å². The summed E-state index contributed by atoms with van der Waals surface area (Å²) in [7, 11) is 1.81. The van der Waals surface area contributed by atoms with Gasteiger partial charge in [0.2, 0.25) is 11.0 Å². The number of carbonyl (C=O) groups is 1. The van der Waals surface area contributed by atoms with Crippen molar-refractivity contribution >= 4 is 57.3 Å². The van der Waals surface area contributed by atoms with E-state index in [1.165, 1.54) is 23.1 Å². The smallest absolute Gasteiger partial charge is 0.236 e. The molecule has 148 valence electrons. The van der Waals surface area contributed by atoms with Gasteiger partial charge in [0.15, 0.2) is 17.1 Å². The normalized spacial score (nSPS) is 12.0. The number of hydrogen-bond acceptors (Lipinski definition) is 8. The molecule has 1 atom stereocenters. The van der Waals surface area contributed by atoms with Crippen LogP contribution in [-0.4, -0.2) is 36.6 Å². The highest BCUT2D eigenvalue weighted by Gasteiger charge is 2.19. The number of nitrogens with zero attached hydrogens (tertiary/aromatic N) is 5. The molecule has 0 bridgehead atoms. The summed E-state index contributed by atoms with van der Waals surface area (Å²) in [5.74, 6) is 1.03. The average molecular weight is 459 g/mol. The van der Waals surface area contributed by atoms with Crippen molar-refractivity contribution in [1.82, 2.24) is 25.0 Å². The van der Waals surface area contributed by atoms with Gasteiger partial charge in [0.05, 0.1) is 10.8 Å². The highest BCUT2D eigenvalue weighted by Crippen LogP contribution is 2.31. The highest BCUT2D eigenvalue weighted by molar-refractivity contribution is 7.99. The third kappa shape index (κ3) is 5.13. The molecule has 2 heterocycles. The number of carbonyl (C=O) groups excluding carboxylic acids is 1. The predicted octanol–water partition coefficient (Wildman–Crippen LogP) is 4.15. The van der Waals surface area contributed by atoms with Crippen molar-refractivity contribution < 1.29 is 9.53 Å². The van der Waals surface area contributed by atoms with Crippen molar-refractivity contribution in [2.24, 2.45) is 7.05 Å². The zero-order valence-corrected chi connectivity index (χ0v) is 18.3. The zero-order valence-electron chi connectivity index (χ0n) is 15.1. The van der Waals surface area contributed by atoms with E-state index in [4.69, 9.17) is 27.9 Å². The third-order valence-corrected chi connectivity index (χ3v) is 5.86. The van der Waals surface area contributed by atoms with Gasteiger partial charge in [0, 0.05) is 18.1 Å². The molecule has 28 heavy (non-hydrogen) atoms. The summed E-state index contributed by atoms with van der Waals surface area (Å²) in [4.78, 5) is 12.1. The monoisotopic (exact) mass is 458 g/mol. The first kappa shape index (κ1) is 20.8. The first-order chi connectivity index (χ1) is 13.3. The fourth-order valence-corrected chi connectivity index (χ4v) is 3.90. The summed E-state index contributed by atoms with van der Waals surface area (Å²) in [5, 5.41) is 21.6. The molecule has 0 saturated carbocycles. The van der Waals surface area contributed by atoms with Gasteiger partial charge in [-0.05, 0) is 26.0 Å². The molecule has 3 aromatic rings. The Morgan fingerprint density at radius 1 is 1.32 bits per heavy atom. The van der Waals surface area contributed by atoms with E-state index in [0.29, 0.717) is 31.9 Å². The molecule has 0 spiro atoms. The molecular weight excluding hydrogens is 443 g/mol.